The average molecular weight is 269 g/mol. The van der Waals surface area contributed by atoms with Crippen molar-refractivity contribution in [1.29, 1.82) is 0 Å². The van der Waals surface area contributed by atoms with E-state index >= 15 is 0 Å². The molecule has 19 heavy (non-hydrogen) atoms. The van der Waals surface area contributed by atoms with E-state index < -0.39 is 0 Å². The molecular weight excluding hydrogens is 256 g/mol. The Morgan fingerprint density at radius 2 is 1.95 bits per heavy atom. The quantitative estimate of drug-likeness (QED) is 0.763. The van der Waals surface area contributed by atoms with Gasteiger partial charge in [-0.1, -0.05) is 35.9 Å². The van der Waals surface area contributed by atoms with Crippen LogP contribution >= 0.6 is 11.6 Å². The van der Waals surface area contributed by atoms with Gasteiger partial charge in [0.25, 0.3) is 0 Å². The summed E-state index contributed by atoms with van der Waals surface area (Å²) in [6.45, 7) is 0.494. The first-order valence-corrected chi connectivity index (χ1v) is 6.49. The van der Waals surface area contributed by atoms with Crippen molar-refractivity contribution >= 4 is 22.4 Å². The summed E-state index contributed by atoms with van der Waals surface area (Å²) in [5, 5.41) is 3.00. The fraction of sp³-hybridized carbons (Fsp3) is 0.0625. The zero-order chi connectivity index (χ0) is 13.2. The Morgan fingerprint density at radius 1 is 1.05 bits per heavy atom. The zero-order valence-electron chi connectivity index (χ0n) is 10.3. The van der Waals surface area contributed by atoms with Crippen LogP contribution in [0.3, 0.4) is 0 Å². The molecule has 3 rings (SSSR count). The molecule has 2 nitrogen and oxygen atoms in total. The summed E-state index contributed by atoms with van der Waals surface area (Å²) in [5.41, 5.74) is 9.15. The molecule has 0 aliphatic rings. The van der Waals surface area contributed by atoms with Gasteiger partial charge in [0.05, 0.1) is 0 Å². The molecule has 0 fully saturated rings. The number of nitrogens with zero attached hydrogens (tertiary/aromatic N) is 1. The lowest BCUT2D eigenvalue weighted by Crippen LogP contribution is -1.99. The van der Waals surface area contributed by atoms with Gasteiger partial charge in [-0.05, 0) is 40.3 Å². The van der Waals surface area contributed by atoms with Crippen molar-refractivity contribution in [2.45, 2.75) is 6.54 Å². The molecule has 2 aromatic carbocycles. The molecule has 94 valence electrons. The van der Waals surface area contributed by atoms with Crippen LogP contribution in [0, 0.1) is 0 Å². The molecule has 0 bridgehead atoms. The van der Waals surface area contributed by atoms with Gasteiger partial charge in [-0.15, -0.1) is 0 Å². The SMILES string of the molecule is NCc1ccc(Cl)cc1-c1cccc2cnccc12. The second kappa shape index (κ2) is 5.00. The number of rotatable bonds is 2. The third kappa shape index (κ3) is 2.21. The first-order valence-electron chi connectivity index (χ1n) is 6.11. The Hall–Kier alpha value is -1.90. The van der Waals surface area contributed by atoms with Crippen molar-refractivity contribution in [3.8, 4) is 11.1 Å². The van der Waals surface area contributed by atoms with E-state index in [4.69, 9.17) is 17.3 Å². The molecule has 1 heterocycles. The van der Waals surface area contributed by atoms with E-state index in [1.165, 1.54) is 0 Å². The Bertz CT molecular complexity index is 732. The van der Waals surface area contributed by atoms with Gasteiger partial charge in [-0.3, -0.25) is 4.98 Å². The summed E-state index contributed by atoms with van der Waals surface area (Å²) >= 11 is 6.12. The van der Waals surface area contributed by atoms with Gasteiger partial charge in [0, 0.05) is 29.3 Å². The summed E-state index contributed by atoms with van der Waals surface area (Å²) in [6.07, 6.45) is 3.67. The van der Waals surface area contributed by atoms with E-state index in [9.17, 15) is 0 Å². The van der Waals surface area contributed by atoms with Crippen LogP contribution in [-0.4, -0.2) is 4.98 Å². The summed E-state index contributed by atoms with van der Waals surface area (Å²) in [5.74, 6) is 0. The predicted octanol–water partition coefficient (Wildman–Crippen LogP) is 4.01. The molecule has 0 saturated heterocycles. The van der Waals surface area contributed by atoms with E-state index in [-0.39, 0.29) is 0 Å². The highest BCUT2D eigenvalue weighted by atomic mass is 35.5. The van der Waals surface area contributed by atoms with E-state index in [2.05, 4.69) is 17.1 Å². The fourth-order valence-electron chi connectivity index (χ4n) is 2.33. The van der Waals surface area contributed by atoms with Crippen molar-refractivity contribution in [3.05, 3.63) is 65.4 Å². The smallest absolute Gasteiger partial charge is 0.0412 e. The van der Waals surface area contributed by atoms with Crippen LogP contribution in [0.4, 0.5) is 0 Å². The second-order valence-electron chi connectivity index (χ2n) is 4.41. The Balaban J connectivity index is 2.33. The van der Waals surface area contributed by atoms with Crippen molar-refractivity contribution in [3.63, 3.8) is 0 Å². The predicted molar refractivity (Wildman–Crippen MR) is 80.1 cm³/mol. The number of benzene rings is 2. The van der Waals surface area contributed by atoms with Crippen LogP contribution in [-0.2, 0) is 6.54 Å². The number of halogens is 1. The number of nitrogens with two attached hydrogens (primary N) is 1. The van der Waals surface area contributed by atoms with Gasteiger partial charge in [0.1, 0.15) is 0 Å². The van der Waals surface area contributed by atoms with Gasteiger partial charge >= 0.3 is 0 Å². The lowest BCUT2D eigenvalue weighted by Gasteiger charge is -2.11. The van der Waals surface area contributed by atoms with Crippen LogP contribution in [0.2, 0.25) is 5.02 Å². The third-order valence-corrected chi connectivity index (χ3v) is 3.50. The number of pyridine rings is 1. The highest BCUT2D eigenvalue weighted by molar-refractivity contribution is 6.31. The minimum Gasteiger partial charge on any atom is -0.326 e. The molecule has 0 amide bonds. The maximum atomic E-state index is 6.12. The molecule has 0 unspecified atom stereocenters. The fourth-order valence-corrected chi connectivity index (χ4v) is 2.51. The van der Waals surface area contributed by atoms with Crippen LogP contribution in [0.5, 0.6) is 0 Å². The molecular formula is C16H13ClN2. The third-order valence-electron chi connectivity index (χ3n) is 3.26. The number of fused-ring (bicyclic) bond motifs is 1. The molecule has 3 aromatic rings. The van der Waals surface area contributed by atoms with Crippen LogP contribution in [0.1, 0.15) is 5.56 Å². The second-order valence-corrected chi connectivity index (χ2v) is 4.84. The number of hydrogen-bond acceptors (Lipinski definition) is 2. The number of aromatic nitrogens is 1. The highest BCUT2D eigenvalue weighted by Crippen LogP contribution is 2.32. The lowest BCUT2D eigenvalue weighted by molar-refractivity contribution is 1.07. The Morgan fingerprint density at radius 3 is 2.79 bits per heavy atom. The monoisotopic (exact) mass is 268 g/mol. The summed E-state index contributed by atoms with van der Waals surface area (Å²) in [7, 11) is 0. The van der Waals surface area contributed by atoms with Crippen molar-refractivity contribution in [2.75, 3.05) is 0 Å². The number of hydrogen-bond donors (Lipinski definition) is 1. The normalized spacial score (nSPS) is 10.8. The Kier molecular flexibility index (Phi) is 3.20. The lowest BCUT2D eigenvalue weighted by atomic mass is 9.95. The molecule has 0 aliphatic heterocycles. The van der Waals surface area contributed by atoms with Crippen molar-refractivity contribution in [1.82, 2.24) is 4.98 Å². The first kappa shape index (κ1) is 12.2. The molecule has 0 saturated carbocycles. The van der Waals surface area contributed by atoms with Crippen LogP contribution in [0.25, 0.3) is 21.9 Å². The first-order chi connectivity index (χ1) is 9.29. The summed E-state index contributed by atoms with van der Waals surface area (Å²) in [6, 6.07) is 14.0. The average Bonchev–Trinajstić information content (AvgIpc) is 2.46. The largest absolute Gasteiger partial charge is 0.326 e. The van der Waals surface area contributed by atoms with E-state index in [0.717, 1.165) is 32.5 Å². The van der Waals surface area contributed by atoms with Gasteiger partial charge in [0.2, 0.25) is 0 Å². The van der Waals surface area contributed by atoms with Crippen molar-refractivity contribution < 1.29 is 0 Å². The molecule has 0 aliphatic carbocycles. The topological polar surface area (TPSA) is 38.9 Å². The molecule has 0 spiro atoms. The minimum absolute atomic E-state index is 0.494. The summed E-state index contributed by atoms with van der Waals surface area (Å²) < 4.78 is 0. The zero-order valence-corrected chi connectivity index (χ0v) is 11.1. The van der Waals surface area contributed by atoms with Crippen molar-refractivity contribution in [2.24, 2.45) is 5.73 Å². The minimum atomic E-state index is 0.494. The Labute approximate surface area is 116 Å². The maximum Gasteiger partial charge on any atom is 0.0412 e. The summed E-state index contributed by atoms with van der Waals surface area (Å²) in [4.78, 5) is 4.16. The highest BCUT2D eigenvalue weighted by Gasteiger charge is 2.08. The molecule has 1 aromatic heterocycles. The van der Waals surface area contributed by atoms with Crippen LogP contribution in [0.15, 0.2) is 54.9 Å². The van der Waals surface area contributed by atoms with E-state index in [0.29, 0.717) is 6.54 Å². The van der Waals surface area contributed by atoms with E-state index in [1.54, 1.807) is 6.20 Å². The van der Waals surface area contributed by atoms with Gasteiger partial charge in [-0.2, -0.15) is 0 Å². The molecule has 2 N–H and O–H groups in total. The van der Waals surface area contributed by atoms with Gasteiger partial charge in [-0.25, -0.2) is 0 Å². The van der Waals surface area contributed by atoms with Crippen LogP contribution < -0.4 is 5.73 Å². The van der Waals surface area contributed by atoms with Gasteiger partial charge in [0.15, 0.2) is 0 Å². The maximum absolute atomic E-state index is 6.12. The van der Waals surface area contributed by atoms with Gasteiger partial charge < -0.3 is 5.73 Å². The molecule has 3 heteroatoms. The molecule has 0 atom stereocenters. The molecule has 0 radical (unpaired) electrons. The van der Waals surface area contributed by atoms with E-state index in [1.807, 2.05) is 36.5 Å². The standard InChI is InChI=1S/C16H13ClN2/c17-13-5-4-11(9-18)16(8-13)15-3-1-2-12-10-19-7-6-14(12)15/h1-8,10H,9,18H2.